The molecule has 26 heavy (non-hydrogen) atoms. The molecule has 2 aromatic rings. The van der Waals surface area contributed by atoms with Gasteiger partial charge in [0.1, 0.15) is 5.78 Å². The van der Waals surface area contributed by atoms with E-state index >= 15 is 0 Å². The zero-order valence-electron chi connectivity index (χ0n) is 15.4. The van der Waals surface area contributed by atoms with E-state index in [2.05, 4.69) is 57.2 Å². The van der Waals surface area contributed by atoms with Crippen molar-refractivity contribution >= 4 is 21.7 Å². The summed E-state index contributed by atoms with van der Waals surface area (Å²) in [7, 11) is 0. The number of halogens is 1. The Morgan fingerprint density at radius 1 is 1.00 bits per heavy atom. The number of nitrogens with zero attached hydrogens (tertiary/aromatic N) is 1. The van der Waals surface area contributed by atoms with Crippen LogP contribution < -0.4 is 0 Å². The Bertz CT molecular complexity index is 683. The molecule has 0 bridgehead atoms. The Hall–Kier alpha value is -1.45. The highest BCUT2D eigenvalue weighted by molar-refractivity contribution is 9.10. The molecule has 2 aromatic carbocycles. The van der Waals surface area contributed by atoms with Crippen molar-refractivity contribution in [2.24, 2.45) is 5.92 Å². The summed E-state index contributed by atoms with van der Waals surface area (Å²) < 4.78 is 1.13. The number of Topliss-reactive ketones (excluding diaryl/α,β-unsaturated/α-hetero) is 1. The second kappa shape index (κ2) is 10.0. The maximum Gasteiger partial charge on any atom is 0.133 e. The summed E-state index contributed by atoms with van der Waals surface area (Å²) in [5, 5.41) is 0. The summed E-state index contributed by atoms with van der Waals surface area (Å²) in [6.45, 7) is 3.34. The van der Waals surface area contributed by atoms with Crippen molar-refractivity contribution in [3.05, 3.63) is 70.2 Å². The fourth-order valence-electron chi connectivity index (χ4n) is 3.81. The zero-order chi connectivity index (χ0) is 18.2. The van der Waals surface area contributed by atoms with Crippen molar-refractivity contribution in [2.45, 2.75) is 38.5 Å². The minimum Gasteiger partial charge on any atom is -0.303 e. The molecule has 1 atom stereocenters. The first-order valence-electron chi connectivity index (χ1n) is 9.71. The Morgan fingerprint density at radius 3 is 2.50 bits per heavy atom. The molecule has 0 radical (unpaired) electrons. The van der Waals surface area contributed by atoms with Crippen molar-refractivity contribution in [3.63, 3.8) is 0 Å². The van der Waals surface area contributed by atoms with Crippen molar-refractivity contribution in [1.29, 1.82) is 0 Å². The minimum atomic E-state index is 0.425. The van der Waals surface area contributed by atoms with Crippen molar-refractivity contribution < 1.29 is 4.79 Å². The lowest BCUT2D eigenvalue weighted by Crippen LogP contribution is -2.37. The number of carbonyl (C=O) groups is 1. The summed E-state index contributed by atoms with van der Waals surface area (Å²) in [5.41, 5.74) is 2.65. The Morgan fingerprint density at radius 2 is 1.73 bits per heavy atom. The van der Waals surface area contributed by atoms with E-state index in [1.54, 1.807) is 0 Å². The van der Waals surface area contributed by atoms with Gasteiger partial charge in [-0.05, 0) is 61.4 Å². The third-order valence-electron chi connectivity index (χ3n) is 5.28. The van der Waals surface area contributed by atoms with Gasteiger partial charge in [-0.1, -0.05) is 58.4 Å². The van der Waals surface area contributed by atoms with Gasteiger partial charge < -0.3 is 4.90 Å². The zero-order valence-corrected chi connectivity index (χ0v) is 17.0. The highest BCUT2D eigenvalue weighted by Crippen LogP contribution is 2.21. The molecule has 2 nitrogen and oxygen atoms in total. The molecule has 0 amide bonds. The van der Waals surface area contributed by atoms with E-state index in [0.717, 1.165) is 36.8 Å². The maximum absolute atomic E-state index is 12.4. The molecule has 1 aliphatic heterocycles. The number of hydrogen-bond donors (Lipinski definition) is 0. The van der Waals surface area contributed by atoms with Crippen LogP contribution in [0.25, 0.3) is 0 Å². The van der Waals surface area contributed by atoms with Gasteiger partial charge in [-0.2, -0.15) is 0 Å². The number of benzene rings is 2. The van der Waals surface area contributed by atoms with Gasteiger partial charge in [0.05, 0.1) is 0 Å². The summed E-state index contributed by atoms with van der Waals surface area (Å²) in [5.74, 6) is 0.963. The smallest absolute Gasteiger partial charge is 0.133 e. The molecule has 3 heteroatoms. The minimum absolute atomic E-state index is 0.425. The number of aryl methyl sites for hydroxylation is 1. The van der Waals surface area contributed by atoms with Crippen molar-refractivity contribution in [3.8, 4) is 0 Å². The number of carbonyl (C=O) groups excluding carboxylic acids is 1. The van der Waals surface area contributed by atoms with Gasteiger partial charge in [0.2, 0.25) is 0 Å². The number of hydrogen-bond acceptors (Lipinski definition) is 2. The number of rotatable bonds is 8. The summed E-state index contributed by atoms with van der Waals surface area (Å²) in [4.78, 5) is 14.9. The fourth-order valence-corrected chi connectivity index (χ4v) is 4.08. The Balaban J connectivity index is 1.40. The molecule has 1 saturated heterocycles. The molecular weight excluding hydrogens is 386 g/mol. The van der Waals surface area contributed by atoms with Gasteiger partial charge >= 0.3 is 0 Å². The molecule has 0 spiro atoms. The Kier molecular flexibility index (Phi) is 7.45. The number of likely N-dealkylation sites (tertiary alicyclic amines) is 1. The van der Waals surface area contributed by atoms with Crippen LogP contribution in [0.1, 0.15) is 36.8 Å². The molecule has 1 aliphatic rings. The van der Waals surface area contributed by atoms with Crippen LogP contribution in [-0.4, -0.2) is 30.3 Å². The van der Waals surface area contributed by atoms with E-state index in [1.165, 1.54) is 30.5 Å². The molecule has 0 aromatic heterocycles. The van der Waals surface area contributed by atoms with Gasteiger partial charge in [-0.25, -0.2) is 0 Å². The van der Waals surface area contributed by atoms with Crippen molar-refractivity contribution in [2.75, 3.05) is 19.6 Å². The summed E-state index contributed by atoms with van der Waals surface area (Å²) in [6, 6.07) is 18.9. The molecule has 3 rings (SSSR count). The largest absolute Gasteiger partial charge is 0.303 e. The van der Waals surface area contributed by atoms with Crippen LogP contribution in [0.4, 0.5) is 0 Å². The quantitative estimate of drug-likeness (QED) is 0.585. The lowest BCUT2D eigenvalue weighted by Gasteiger charge is -2.32. The van der Waals surface area contributed by atoms with E-state index in [-0.39, 0.29) is 0 Å². The van der Waals surface area contributed by atoms with Crippen LogP contribution in [0.3, 0.4) is 0 Å². The predicted molar refractivity (Wildman–Crippen MR) is 111 cm³/mol. The fraction of sp³-hybridized carbons (Fsp3) is 0.435. The average Bonchev–Trinajstić information content (AvgIpc) is 2.67. The van der Waals surface area contributed by atoms with E-state index in [0.29, 0.717) is 18.1 Å². The maximum atomic E-state index is 12.4. The van der Waals surface area contributed by atoms with Crippen LogP contribution in [0, 0.1) is 5.92 Å². The van der Waals surface area contributed by atoms with E-state index in [9.17, 15) is 4.79 Å². The van der Waals surface area contributed by atoms with E-state index < -0.39 is 0 Å². The van der Waals surface area contributed by atoms with Gasteiger partial charge in [-0.3, -0.25) is 4.79 Å². The summed E-state index contributed by atoms with van der Waals surface area (Å²) >= 11 is 3.49. The van der Waals surface area contributed by atoms with E-state index in [4.69, 9.17) is 0 Å². The molecule has 138 valence electrons. The SMILES string of the molecule is O=C(CCc1ccccc1)CC1CCCN(CCc2ccc(Br)cc2)C1. The van der Waals surface area contributed by atoms with Crippen LogP contribution in [0.2, 0.25) is 0 Å². The molecule has 1 fully saturated rings. The van der Waals surface area contributed by atoms with Crippen molar-refractivity contribution in [1.82, 2.24) is 4.90 Å². The molecular formula is C23H28BrNO. The van der Waals surface area contributed by atoms with E-state index in [1.807, 2.05) is 18.2 Å². The normalized spacial score (nSPS) is 18.0. The Labute approximate surface area is 165 Å². The third-order valence-corrected chi connectivity index (χ3v) is 5.81. The number of piperidine rings is 1. The first-order chi connectivity index (χ1) is 12.7. The predicted octanol–water partition coefficient (Wildman–Crippen LogP) is 5.30. The van der Waals surface area contributed by atoms with Crippen LogP contribution in [0.15, 0.2) is 59.1 Å². The highest BCUT2D eigenvalue weighted by Gasteiger charge is 2.21. The topological polar surface area (TPSA) is 20.3 Å². The standard InChI is InChI=1S/C23H28BrNO/c24-22-11-8-20(9-12-22)14-16-25-15-4-7-21(18-25)17-23(26)13-10-19-5-2-1-3-6-19/h1-3,5-6,8-9,11-12,21H,4,7,10,13-18H2. The lowest BCUT2D eigenvalue weighted by atomic mass is 9.91. The van der Waals surface area contributed by atoms with Gasteiger partial charge in [-0.15, -0.1) is 0 Å². The van der Waals surface area contributed by atoms with Crippen LogP contribution in [0.5, 0.6) is 0 Å². The second-order valence-electron chi connectivity index (χ2n) is 7.41. The first-order valence-corrected chi connectivity index (χ1v) is 10.5. The molecule has 0 N–H and O–H groups in total. The molecule has 0 aliphatic carbocycles. The first kappa shape index (κ1) is 19.3. The second-order valence-corrected chi connectivity index (χ2v) is 8.33. The van der Waals surface area contributed by atoms with Gasteiger partial charge in [0, 0.05) is 30.4 Å². The third kappa shape index (κ3) is 6.37. The number of ketones is 1. The van der Waals surface area contributed by atoms with Crippen LogP contribution >= 0.6 is 15.9 Å². The van der Waals surface area contributed by atoms with Gasteiger partial charge in [0.25, 0.3) is 0 Å². The highest BCUT2D eigenvalue weighted by atomic mass is 79.9. The monoisotopic (exact) mass is 413 g/mol. The van der Waals surface area contributed by atoms with Crippen LogP contribution in [-0.2, 0) is 17.6 Å². The molecule has 1 heterocycles. The average molecular weight is 414 g/mol. The lowest BCUT2D eigenvalue weighted by molar-refractivity contribution is -0.120. The molecule has 0 saturated carbocycles. The summed E-state index contributed by atoms with van der Waals surface area (Å²) in [6.07, 6.45) is 5.81. The van der Waals surface area contributed by atoms with Gasteiger partial charge in [0.15, 0.2) is 0 Å². The molecule has 1 unspecified atom stereocenters.